The van der Waals surface area contributed by atoms with Gasteiger partial charge in [0.15, 0.2) is 0 Å². The summed E-state index contributed by atoms with van der Waals surface area (Å²) in [7, 11) is 0.277. The van der Waals surface area contributed by atoms with E-state index in [0.717, 1.165) is 0 Å². The molecule has 0 saturated heterocycles. The maximum atomic E-state index is 5.63. The summed E-state index contributed by atoms with van der Waals surface area (Å²) in [6.45, 7) is 1.78. The highest BCUT2D eigenvalue weighted by atomic mass is 28.5. The first-order chi connectivity index (χ1) is 8.46. The third-order valence-electron chi connectivity index (χ3n) is 2.12. The quantitative estimate of drug-likeness (QED) is 0.505. The highest BCUT2D eigenvalue weighted by molar-refractivity contribution is 6.69. The van der Waals surface area contributed by atoms with Crippen LogP contribution in [0.4, 0.5) is 0 Å². The summed E-state index contributed by atoms with van der Waals surface area (Å²) >= 11 is 0. The Labute approximate surface area is 112 Å². The molecule has 0 heterocycles. The average molecular weight is 319 g/mol. The molecule has 0 rings (SSSR count). The van der Waals surface area contributed by atoms with Gasteiger partial charge in [-0.3, -0.25) is 0 Å². The molecule has 0 radical (unpaired) electrons. The molecule has 0 atom stereocenters. The maximum absolute atomic E-state index is 5.63. The van der Waals surface area contributed by atoms with E-state index < -0.39 is 27.4 Å². The lowest BCUT2D eigenvalue weighted by Gasteiger charge is -2.30. The minimum absolute atomic E-state index is 1.45. The Balaban J connectivity index is 4.61. The van der Waals surface area contributed by atoms with E-state index in [1.165, 1.54) is 42.7 Å². The molecule has 0 amide bonds. The molecule has 0 spiro atoms. The van der Waals surface area contributed by atoms with Gasteiger partial charge in [0.2, 0.25) is 0 Å². The molecule has 0 aliphatic heterocycles. The zero-order valence-electron chi connectivity index (χ0n) is 11.8. The summed E-state index contributed by atoms with van der Waals surface area (Å²) in [4.78, 5) is 0. The molecule has 0 N–H and O–H groups in total. The number of hydrogen-bond acceptors (Lipinski definition) is 8. The zero-order valence-corrected chi connectivity index (χ0v) is 15.0. The molecular weight excluding hydrogens is 296 g/mol. The van der Waals surface area contributed by atoms with Crippen molar-refractivity contribution in [2.75, 3.05) is 42.7 Å². The topological polar surface area (TPSA) is 73.8 Å². The van der Waals surface area contributed by atoms with Gasteiger partial charge in [0.1, 0.15) is 0 Å². The molecule has 11 heteroatoms. The van der Waals surface area contributed by atoms with Crippen molar-refractivity contribution in [3.63, 3.8) is 0 Å². The Morgan fingerprint density at radius 2 is 0.778 bits per heavy atom. The van der Waals surface area contributed by atoms with Gasteiger partial charge in [0.25, 0.3) is 0 Å². The molecule has 0 fully saturated rings. The average Bonchev–Trinajstić information content (AvgIpc) is 2.42. The summed E-state index contributed by atoms with van der Waals surface area (Å²) in [5.41, 5.74) is 0. The second-order valence-corrected chi connectivity index (χ2v) is 10.5. The predicted molar refractivity (Wildman–Crippen MR) is 68.7 cm³/mol. The van der Waals surface area contributed by atoms with Gasteiger partial charge in [0.05, 0.1) is 0 Å². The van der Waals surface area contributed by atoms with Gasteiger partial charge >= 0.3 is 27.4 Å². The van der Waals surface area contributed by atoms with Gasteiger partial charge in [-0.2, -0.15) is 0 Å². The largest absolute Gasteiger partial charge is 0.669 e. The Morgan fingerprint density at radius 1 is 0.556 bits per heavy atom. The Bertz CT molecular complexity index is 184. The molecule has 0 aromatic carbocycles. The van der Waals surface area contributed by atoms with Gasteiger partial charge in [-0.25, -0.2) is 0 Å². The van der Waals surface area contributed by atoms with E-state index in [9.17, 15) is 0 Å². The zero-order chi connectivity index (χ0) is 14.2. The molecule has 0 aliphatic rings. The van der Waals surface area contributed by atoms with Crippen LogP contribution in [0, 0.1) is 0 Å². The van der Waals surface area contributed by atoms with Gasteiger partial charge in [-0.15, -0.1) is 0 Å². The highest BCUT2D eigenvalue weighted by Crippen LogP contribution is 2.15. The molecule has 18 heavy (non-hydrogen) atoms. The van der Waals surface area contributed by atoms with Crippen LogP contribution in [0.1, 0.15) is 0 Å². The molecule has 0 unspecified atom stereocenters. The van der Waals surface area contributed by atoms with Crippen LogP contribution in [0.25, 0.3) is 0 Å². The van der Waals surface area contributed by atoms with E-state index in [1.54, 1.807) is 6.55 Å². The van der Waals surface area contributed by atoms with E-state index in [2.05, 4.69) is 0 Å². The van der Waals surface area contributed by atoms with Gasteiger partial charge in [-0.1, -0.05) is 0 Å². The van der Waals surface area contributed by atoms with Crippen molar-refractivity contribution in [2.24, 2.45) is 0 Å². The fraction of sp³-hybridized carbons (Fsp3) is 1.00. The van der Waals surface area contributed by atoms with Crippen molar-refractivity contribution in [1.82, 2.24) is 0 Å². The van der Waals surface area contributed by atoms with E-state index in [0.29, 0.717) is 0 Å². The third kappa shape index (κ3) is 4.78. The van der Waals surface area contributed by atoms with Crippen LogP contribution < -0.4 is 0 Å². The molecule has 8 nitrogen and oxygen atoms in total. The summed E-state index contributed by atoms with van der Waals surface area (Å²) in [5, 5.41) is 0. The van der Waals surface area contributed by atoms with Gasteiger partial charge in [-0.05, 0) is 6.55 Å². The van der Waals surface area contributed by atoms with Crippen molar-refractivity contribution in [1.29, 1.82) is 0 Å². The van der Waals surface area contributed by atoms with Crippen LogP contribution in [-0.4, -0.2) is 70.0 Å². The first-order valence-corrected chi connectivity index (χ1v) is 10.5. The van der Waals surface area contributed by atoms with Gasteiger partial charge < -0.3 is 34.8 Å². The van der Waals surface area contributed by atoms with E-state index >= 15 is 0 Å². The molecule has 0 saturated carbocycles. The lowest BCUT2D eigenvalue weighted by molar-refractivity contribution is 0.0222. The number of hydrogen-bond donors (Lipinski definition) is 0. The minimum Gasteiger partial charge on any atom is -0.373 e. The van der Waals surface area contributed by atoms with E-state index in [4.69, 9.17) is 34.8 Å². The van der Waals surface area contributed by atoms with Crippen molar-refractivity contribution in [3.05, 3.63) is 0 Å². The Kier molecular flexibility index (Phi) is 8.65. The van der Waals surface area contributed by atoms with Crippen LogP contribution in [-0.2, 0) is 34.8 Å². The molecule has 110 valence electrons. The standard InChI is InChI=1S/C7H22O8Si3/c1-8-17(9-2,10-3)14-16(7)15-18(11-4,12-5)13-6/h16H,1-7H3. The first kappa shape index (κ1) is 18.3. The van der Waals surface area contributed by atoms with Crippen molar-refractivity contribution >= 4 is 27.4 Å². The highest BCUT2D eigenvalue weighted by Gasteiger charge is 2.49. The minimum atomic E-state index is -3.13. The molecular formula is C7H22O8Si3. The second-order valence-electron chi connectivity index (χ2n) is 3.03. The van der Waals surface area contributed by atoms with Crippen LogP contribution in [0.2, 0.25) is 6.55 Å². The predicted octanol–water partition coefficient (Wildman–Crippen LogP) is -0.380. The van der Waals surface area contributed by atoms with Crippen LogP contribution in [0.5, 0.6) is 0 Å². The molecule has 0 aliphatic carbocycles. The van der Waals surface area contributed by atoms with Crippen molar-refractivity contribution in [3.8, 4) is 0 Å². The molecule has 0 aromatic rings. The SMILES string of the molecule is CO[Si](OC)(OC)O[SiH](C)O[Si](OC)(OC)OC. The number of rotatable bonds is 10. The first-order valence-electron chi connectivity index (χ1n) is 5.13. The monoisotopic (exact) mass is 318 g/mol. The Morgan fingerprint density at radius 3 is 0.944 bits per heavy atom. The third-order valence-corrected chi connectivity index (χ3v) is 10.1. The van der Waals surface area contributed by atoms with Crippen molar-refractivity contribution < 1.29 is 34.8 Å². The summed E-state index contributed by atoms with van der Waals surface area (Å²) < 4.78 is 42.1. The second kappa shape index (κ2) is 8.49. The fourth-order valence-electron chi connectivity index (χ4n) is 1.22. The van der Waals surface area contributed by atoms with E-state index in [1.807, 2.05) is 0 Å². The van der Waals surface area contributed by atoms with Crippen LogP contribution in [0.3, 0.4) is 0 Å². The smallest absolute Gasteiger partial charge is 0.373 e. The van der Waals surface area contributed by atoms with E-state index in [-0.39, 0.29) is 0 Å². The normalized spacial score (nSPS) is 13.3. The maximum Gasteiger partial charge on any atom is 0.669 e. The van der Waals surface area contributed by atoms with Crippen molar-refractivity contribution in [2.45, 2.75) is 6.55 Å². The summed E-state index contributed by atoms with van der Waals surface area (Å²) in [6, 6.07) is 0. The van der Waals surface area contributed by atoms with Crippen LogP contribution in [0.15, 0.2) is 0 Å². The fourth-order valence-corrected chi connectivity index (χ4v) is 8.41. The molecule has 0 aromatic heterocycles. The Hall–Kier alpha value is 0.331. The molecule has 0 bridgehead atoms. The summed E-state index contributed by atoms with van der Waals surface area (Å²) in [6.07, 6.45) is 0. The lowest BCUT2D eigenvalue weighted by atomic mass is 11.8. The van der Waals surface area contributed by atoms with Crippen LogP contribution >= 0.6 is 0 Å². The lowest BCUT2D eigenvalue weighted by Crippen LogP contribution is -2.56. The van der Waals surface area contributed by atoms with Gasteiger partial charge in [0, 0.05) is 42.7 Å². The summed E-state index contributed by atoms with van der Waals surface area (Å²) in [5.74, 6) is 0.